The number of hydrogen-bond donors (Lipinski definition) is 1. The normalized spacial score (nSPS) is 22.8. The van der Waals surface area contributed by atoms with E-state index in [1.165, 1.54) is 18.7 Å². The lowest BCUT2D eigenvalue weighted by Crippen LogP contribution is -2.26. The van der Waals surface area contributed by atoms with Crippen LogP contribution in [0.4, 0.5) is 5.69 Å². The summed E-state index contributed by atoms with van der Waals surface area (Å²) < 4.78 is -0.583. The van der Waals surface area contributed by atoms with Crippen LogP contribution in [0.3, 0.4) is 0 Å². The van der Waals surface area contributed by atoms with Gasteiger partial charge in [0, 0.05) is 16.8 Å². The molecule has 16 heavy (non-hydrogen) atoms. The lowest BCUT2D eigenvalue weighted by molar-refractivity contribution is -0.117. The molecule has 1 N–H and O–H groups in total. The van der Waals surface area contributed by atoms with E-state index in [2.05, 4.69) is 5.32 Å². The Morgan fingerprint density at radius 2 is 2.12 bits per heavy atom. The van der Waals surface area contributed by atoms with E-state index in [9.17, 15) is 9.59 Å². The minimum absolute atomic E-state index is 0.0179. The minimum atomic E-state index is -0.583. The van der Waals surface area contributed by atoms with Gasteiger partial charge in [-0.05, 0) is 38.3 Å². The zero-order valence-electron chi connectivity index (χ0n) is 9.46. The Hall–Kier alpha value is -1.29. The molecule has 1 aliphatic rings. The van der Waals surface area contributed by atoms with Gasteiger partial charge >= 0.3 is 0 Å². The van der Waals surface area contributed by atoms with E-state index < -0.39 is 4.75 Å². The van der Waals surface area contributed by atoms with Crippen LogP contribution in [-0.2, 0) is 9.54 Å². The van der Waals surface area contributed by atoms with Crippen molar-refractivity contribution in [3.63, 3.8) is 0 Å². The number of carbonyl (C=O) groups is 2. The van der Waals surface area contributed by atoms with Gasteiger partial charge in [-0.3, -0.25) is 9.59 Å². The van der Waals surface area contributed by atoms with Crippen LogP contribution in [-0.4, -0.2) is 17.9 Å². The molecule has 0 aromatic heterocycles. The summed E-state index contributed by atoms with van der Waals surface area (Å²) >= 11 is 1.48. The Morgan fingerprint density at radius 1 is 1.44 bits per heavy atom. The van der Waals surface area contributed by atoms with Crippen LogP contribution >= 0.6 is 11.8 Å². The molecule has 0 fully saturated rings. The zero-order valence-corrected chi connectivity index (χ0v) is 10.3. The van der Waals surface area contributed by atoms with E-state index in [-0.39, 0.29) is 11.7 Å². The smallest absolute Gasteiger partial charge is 0.244 e. The molecule has 1 atom stereocenters. The summed E-state index contributed by atoms with van der Waals surface area (Å²) in [6.45, 7) is 3.41. The van der Waals surface area contributed by atoms with E-state index >= 15 is 0 Å². The van der Waals surface area contributed by atoms with Gasteiger partial charge in [-0.2, -0.15) is 0 Å². The van der Waals surface area contributed by atoms with Gasteiger partial charge in [0.15, 0.2) is 5.78 Å². The van der Waals surface area contributed by atoms with Crippen LogP contribution in [0.25, 0.3) is 0 Å². The molecule has 1 aromatic rings. The lowest BCUT2D eigenvalue weighted by atomic mass is 9.98. The molecular weight excluding hydrogens is 222 g/mol. The van der Waals surface area contributed by atoms with Gasteiger partial charge in [-0.25, -0.2) is 0 Å². The molecule has 2 rings (SSSR count). The molecule has 0 bridgehead atoms. The van der Waals surface area contributed by atoms with E-state index in [0.717, 1.165) is 11.3 Å². The summed E-state index contributed by atoms with van der Waals surface area (Å²) in [4.78, 5) is 23.2. The summed E-state index contributed by atoms with van der Waals surface area (Å²) in [6, 6.07) is 5.35. The second-order valence-electron chi connectivity index (χ2n) is 4.01. The van der Waals surface area contributed by atoms with Crippen LogP contribution in [0, 0.1) is 0 Å². The molecule has 0 aliphatic carbocycles. The Morgan fingerprint density at radius 3 is 2.69 bits per heavy atom. The molecule has 1 aliphatic heterocycles. The van der Waals surface area contributed by atoms with Crippen LogP contribution in [0.5, 0.6) is 0 Å². The highest BCUT2D eigenvalue weighted by atomic mass is 32.2. The first-order valence-corrected chi connectivity index (χ1v) is 6.23. The molecule has 0 spiro atoms. The number of carbonyl (C=O) groups excluding carboxylic acids is 2. The van der Waals surface area contributed by atoms with Crippen molar-refractivity contribution >= 4 is 29.1 Å². The van der Waals surface area contributed by atoms with Gasteiger partial charge in [0.2, 0.25) is 5.91 Å². The Labute approximate surface area is 98.6 Å². The summed E-state index contributed by atoms with van der Waals surface area (Å²) in [6.07, 6.45) is 1.90. The second-order valence-corrected chi connectivity index (χ2v) is 5.23. The van der Waals surface area contributed by atoms with Crippen molar-refractivity contribution in [3.8, 4) is 0 Å². The van der Waals surface area contributed by atoms with Gasteiger partial charge in [0.05, 0.1) is 0 Å². The highest BCUT2D eigenvalue weighted by Crippen LogP contribution is 2.44. The number of amides is 1. The molecule has 0 radical (unpaired) electrons. The summed E-state index contributed by atoms with van der Waals surface area (Å²) in [7, 11) is 0. The number of ketones is 1. The van der Waals surface area contributed by atoms with Gasteiger partial charge in [0.1, 0.15) is 4.75 Å². The third-order valence-electron chi connectivity index (χ3n) is 3.03. The van der Waals surface area contributed by atoms with Gasteiger partial charge < -0.3 is 5.32 Å². The number of rotatable bonds is 2. The third kappa shape index (κ3) is 1.45. The van der Waals surface area contributed by atoms with Crippen LogP contribution in [0.1, 0.15) is 29.8 Å². The number of anilines is 1. The zero-order chi connectivity index (χ0) is 11.9. The molecule has 0 saturated heterocycles. The number of thioether (sulfide) groups is 1. The first-order valence-electron chi connectivity index (χ1n) is 5.01. The van der Waals surface area contributed by atoms with Crippen molar-refractivity contribution in [2.24, 2.45) is 0 Å². The summed E-state index contributed by atoms with van der Waals surface area (Å²) in [5, 5.41) is 2.83. The third-order valence-corrected chi connectivity index (χ3v) is 4.25. The predicted octanol–water partition coefficient (Wildman–Crippen LogP) is 2.42. The quantitative estimate of drug-likeness (QED) is 0.801. The standard InChI is InChI=1S/C12H13NO2S/c1-7(14)8-4-5-10-9(6-8)12(2,16-3)11(15)13-10/h4-6H,1-3H3,(H,13,15). The molecule has 1 amide bonds. The predicted molar refractivity (Wildman–Crippen MR) is 65.9 cm³/mol. The van der Waals surface area contributed by atoms with E-state index in [4.69, 9.17) is 0 Å². The Balaban J connectivity index is 2.59. The van der Waals surface area contributed by atoms with E-state index in [1.54, 1.807) is 12.1 Å². The summed E-state index contributed by atoms with van der Waals surface area (Å²) in [5.41, 5.74) is 2.36. The second kappa shape index (κ2) is 3.63. The first-order chi connectivity index (χ1) is 7.49. The Kier molecular flexibility index (Phi) is 2.54. The average Bonchev–Trinajstić information content (AvgIpc) is 2.51. The maximum atomic E-state index is 11.8. The molecule has 3 nitrogen and oxygen atoms in total. The highest BCUT2D eigenvalue weighted by Gasteiger charge is 2.42. The minimum Gasteiger partial charge on any atom is -0.324 e. The number of fused-ring (bicyclic) bond motifs is 1. The molecule has 1 heterocycles. The van der Waals surface area contributed by atoms with Crippen molar-refractivity contribution < 1.29 is 9.59 Å². The number of benzene rings is 1. The maximum absolute atomic E-state index is 11.8. The van der Waals surface area contributed by atoms with Gasteiger partial charge in [-0.1, -0.05) is 0 Å². The van der Waals surface area contributed by atoms with Crippen molar-refractivity contribution in [2.75, 3.05) is 11.6 Å². The topological polar surface area (TPSA) is 46.2 Å². The number of nitrogens with one attached hydrogen (secondary N) is 1. The molecule has 84 valence electrons. The largest absolute Gasteiger partial charge is 0.324 e. The van der Waals surface area contributed by atoms with E-state index in [1.807, 2.05) is 19.2 Å². The monoisotopic (exact) mass is 235 g/mol. The van der Waals surface area contributed by atoms with Crippen LogP contribution in [0.15, 0.2) is 18.2 Å². The fraction of sp³-hybridized carbons (Fsp3) is 0.333. The molecule has 4 heteroatoms. The van der Waals surface area contributed by atoms with Gasteiger partial charge in [-0.15, -0.1) is 11.8 Å². The average molecular weight is 235 g/mol. The number of hydrogen-bond acceptors (Lipinski definition) is 3. The SMILES string of the molecule is CSC1(C)C(=O)Nc2ccc(C(C)=O)cc21. The first kappa shape index (κ1) is 11.2. The maximum Gasteiger partial charge on any atom is 0.244 e. The molecule has 1 unspecified atom stereocenters. The summed E-state index contributed by atoms with van der Waals surface area (Å²) in [5.74, 6) is 0.00121. The van der Waals surface area contributed by atoms with Crippen molar-refractivity contribution in [1.82, 2.24) is 0 Å². The van der Waals surface area contributed by atoms with Gasteiger partial charge in [0.25, 0.3) is 0 Å². The van der Waals surface area contributed by atoms with Crippen molar-refractivity contribution in [1.29, 1.82) is 0 Å². The lowest BCUT2D eigenvalue weighted by Gasteiger charge is -2.19. The molecular formula is C12H13NO2S. The molecule has 0 saturated carbocycles. The van der Waals surface area contributed by atoms with E-state index in [0.29, 0.717) is 5.56 Å². The fourth-order valence-electron chi connectivity index (χ4n) is 1.83. The van der Waals surface area contributed by atoms with Crippen LogP contribution in [0.2, 0.25) is 0 Å². The molecule has 1 aromatic carbocycles. The Bertz CT molecular complexity index is 484. The van der Waals surface area contributed by atoms with Crippen LogP contribution < -0.4 is 5.32 Å². The van der Waals surface area contributed by atoms with Crippen molar-refractivity contribution in [2.45, 2.75) is 18.6 Å². The highest BCUT2D eigenvalue weighted by molar-refractivity contribution is 8.00. The fourth-order valence-corrected chi connectivity index (χ4v) is 2.46. The van der Waals surface area contributed by atoms with Crippen molar-refractivity contribution in [3.05, 3.63) is 29.3 Å². The number of Topliss-reactive ketones (excluding diaryl/α,β-unsaturated/α-hetero) is 1.